The van der Waals surface area contributed by atoms with Crippen LogP contribution in [-0.4, -0.2) is 23.5 Å². The molecule has 1 aliphatic carbocycles. The zero-order valence-electron chi connectivity index (χ0n) is 10.7. The van der Waals surface area contributed by atoms with Crippen LogP contribution in [0.25, 0.3) is 11.3 Å². The number of anilines is 1. The van der Waals surface area contributed by atoms with Crippen molar-refractivity contribution in [3.8, 4) is 11.3 Å². The van der Waals surface area contributed by atoms with Gasteiger partial charge in [-0.2, -0.15) is 0 Å². The highest BCUT2D eigenvalue weighted by molar-refractivity contribution is 7.14. The summed E-state index contributed by atoms with van der Waals surface area (Å²) in [6.45, 7) is 0.229. The minimum atomic E-state index is -0.265. The zero-order valence-corrected chi connectivity index (χ0v) is 11.5. The topological polar surface area (TPSA) is 54.0 Å². The van der Waals surface area contributed by atoms with Gasteiger partial charge in [0.2, 0.25) is 5.91 Å². The van der Waals surface area contributed by atoms with Crippen LogP contribution in [0.2, 0.25) is 0 Å². The van der Waals surface area contributed by atoms with E-state index in [0.717, 1.165) is 24.1 Å². The molecule has 0 spiro atoms. The Bertz CT molecular complexity index is 607. The Balaban J connectivity index is 1.58. The van der Waals surface area contributed by atoms with Gasteiger partial charge >= 0.3 is 0 Å². The molecule has 1 aromatic carbocycles. The first kappa shape index (κ1) is 13.1. The molecule has 1 aliphatic rings. The first-order valence-electron chi connectivity index (χ1n) is 6.45. The fraction of sp³-hybridized carbons (Fsp3) is 0.286. The lowest BCUT2D eigenvalue weighted by molar-refractivity contribution is -0.119. The van der Waals surface area contributed by atoms with Gasteiger partial charge in [-0.15, -0.1) is 11.3 Å². The minimum absolute atomic E-state index is 0.00830. The monoisotopic (exact) mass is 291 g/mol. The van der Waals surface area contributed by atoms with Crippen molar-refractivity contribution in [3.05, 3.63) is 35.5 Å². The van der Waals surface area contributed by atoms with E-state index < -0.39 is 0 Å². The molecule has 0 bridgehead atoms. The molecule has 0 aliphatic heterocycles. The smallest absolute Gasteiger partial charge is 0.239 e. The molecule has 1 aromatic heterocycles. The summed E-state index contributed by atoms with van der Waals surface area (Å²) in [5.74, 6) is -0.273. The van der Waals surface area contributed by atoms with Crippen molar-refractivity contribution >= 4 is 22.4 Å². The summed E-state index contributed by atoms with van der Waals surface area (Å²) in [4.78, 5) is 15.9. The van der Waals surface area contributed by atoms with Gasteiger partial charge in [-0.25, -0.2) is 9.37 Å². The third-order valence-corrected chi connectivity index (χ3v) is 3.79. The molecule has 20 heavy (non-hydrogen) atoms. The van der Waals surface area contributed by atoms with Crippen LogP contribution in [0.15, 0.2) is 29.6 Å². The highest BCUT2D eigenvalue weighted by Crippen LogP contribution is 2.25. The van der Waals surface area contributed by atoms with Crippen molar-refractivity contribution < 1.29 is 9.18 Å². The highest BCUT2D eigenvalue weighted by Gasteiger charge is 2.22. The van der Waals surface area contributed by atoms with Crippen LogP contribution < -0.4 is 10.6 Å². The maximum Gasteiger partial charge on any atom is 0.239 e. The number of nitrogens with one attached hydrogen (secondary N) is 2. The summed E-state index contributed by atoms with van der Waals surface area (Å²) >= 11 is 1.43. The largest absolute Gasteiger partial charge is 0.352 e. The number of aromatic nitrogens is 1. The molecule has 1 saturated carbocycles. The van der Waals surface area contributed by atoms with Crippen LogP contribution in [0, 0.1) is 5.82 Å². The summed E-state index contributed by atoms with van der Waals surface area (Å²) < 4.78 is 12.9. The Morgan fingerprint density at radius 3 is 2.80 bits per heavy atom. The van der Waals surface area contributed by atoms with Gasteiger partial charge in [0.05, 0.1) is 12.2 Å². The quantitative estimate of drug-likeness (QED) is 0.890. The Morgan fingerprint density at radius 2 is 2.10 bits per heavy atom. The summed E-state index contributed by atoms with van der Waals surface area (Å²) in [5.41, 5.74) is 1.64. The van der Waals surface area contributed by atoms with Gasteiger partial charge in [-0.1, -0.05) is 0 Å². The van der Waals surface area contributed by atoms with Crippen molar-refractivity contribution in [1.82, 2.24) is 10.3 Å². The lowest BCUT2D eigenvalue weighted by Crippen LogP contribution is -2.31. The number of benzene rings is 1. The summed E-state index contributed by atoms with van der Waals surface area (Å²) in [7, 11) is 0. The Hall–Kier alpha value is -1.95. The van der Waals surface area contributed by atoms with Gasteiger partial charge in [0.25, 0.3) is 0 Å². The summed E-state index contributed by atoms with van der Waals surface area (Å²) in [5, 5.41) is 8.48. The van der Waals surface area contributed by atoms with Gasteiger partial charge in [-0.05, 0) is 37.1 Å². The molecule has 0 atom stereocenters. The standard InChI is InChI=1S/C14H14FN3OS/c15-10-3-1-9(2-4-10)12-8-20-14(18-12)16-7-13(19)17-11-5-6-11/h1-4,8,11H,5-7H2,(H,16,18)(H,17,19). The minimum Gasteiger partial charge on any atom is -0.352 e. The van der Waals surface area contributed by atoms with E-state index in [0.29, 0.717) is 11.2 Å². The molecule has 0 saturated heterocycles. The van der Waals surface area contributed by atoms with Crippen molar-refractivity contribution in [1.29, 1.82) is 0 Å². The Morgan fingerprint density at radius 1 is 1.35 bits per heavy atom. The number of rotatable bonds is 5. The predicted octanol–water partition coefficient (Wildman–Crippen LogP) is 2.64. The highest BCUT2D eigenvalue weighted by atomic mass is 32.1. The third kappa shape index (κ3) is 3.33. The molecule has 0 unspecified atom stereocenters. The van der Waals surface area contributed by atoms with Gasteiger partial charge in [-0.3, -0.25) is 4.79 Å². The fourth-order valence-electron chi connectivity index (χ4n) is 1.77. The Kier molecular flexibility index (Phi) is 3.64. The summed E-state index contributed by atoms with van der Waals surface area (Å²) in [6.07, 6.45) is 2.16. The number of hydrogen-bond donors (Lipinski definition) is 2. The second kappa shape index (κ2) is 5.58. The second-order valence-corrected chi connectivity index (χ2v) is 5.60. The normalized spacial score (nSPS) is 14.1. The Labute approximate surface area is 120 Å². The van der Waals surface area contributed by atoms with Crippen LogP contribution in [-0.2, 0) is 4.79 Å². The second-order valence-electron chi connectivity index (χ2n) is 4.74. The number of amides is 1. The van der Waals surface area contributed by atoms with Crippen molar-refractivity contribution in [3.63, 3.8) is 0 Å². The number of thiazole rings is 1. The molecule has 1 heterocycles. The molecular weight excluding hydrogens is 277 g/mol. The first-order valence-corrected chi connectivity index (χ1v) is 7.33. The molecule has 0 radical (unpaired) electrons. The van der Waals surface area contributed by atoms with E-state index in [1.165, 1.54) is 23.5 Å². The van der Waals surface area contributed by atoms with Gasteiger partial charge in [0, 0.05) is 17.0 Å². The van der Waals surface area contributed by atoms with E-state index in [1.807, 2.05) is 5.38 Å². The van der Waals surface area contributed by atoms with Gasteiger partial charge in [0.1, 0.15) is 5.82 Å². The van der Waals surface area contributed by atoms with Crippen LogP contribution in [0.5, 0.6) is 0 Å². The molecule has 2 aromatic rings. The fourth-order valence-corrected chi connectivity index (χ4v) is 2.49. The SMILES string of the molecule is O=C(CNc1nc(-c2ccc(F)cc2)cs1)NC1CC1. The van der Waals surface area contributed by atoms with E-state index in [9.17, 15) is 9.18 Å². The average Bonchev–Trinajstić information content (AvgIpc) is 3.12. The van der Waals surface area contributed by atoms with Crippen LogP contribution in [0.1, 0.15) is 12.8 Å². The van der Waals surface area contributed by atoms with E-state index in [4.69, 9.17) is 0 Å². The van der Waals surface area contributed by atoms with E-state index in [2.05, 4.69) is 15.6 Å². The first-order chi connectivity index (χ1) is 9.70. The number of carbonyl (C=O) groups excluding carboxylic acids is 1. The number of halogens is 1. The molecule has 3 rings (SSSR count). The van der Waals surface area contributed by atoms with Crippen LogP contribution in [0.4, 0.5) is 9.52 Å². The van der Waals surface area contributed by atoms with Gasteiger partial charge in [0.15, 0.2) is 5.13 Å². The lowest BCUT2D eigenvalue weighted by Gasteiger charge is -2.03. The number of carbonyl (C=O) groups is 1. The molecule has 104 valence electrons. The maximum absolute atomic E-state index is 12.9. The summed E-state index contributed by atoms with van der Waals surface area (Å²) in [6, 6.07) is 6.56. The molecule has 2 N–H and O–H groups in total. The maximum atomic E-state index is 12.9. The zero-order chi connectivity index (χ0) is 13.9. The average molecular weight is 291 g/mol. The van der Waals surface area contributed by atoms with E-state index in [-0.39, 0.29) is 18.3 Å². The van der Waals surface area contributed by atoms with Crippen LogP contribution >= 0.6 is 11.3 Å². The molecular formula is C14H14FN3OS. The number of nitrogens with zero attached hydrogens (tertiary/aromatic N) is 1. The molecule has 6 heteroatoms. The predicted molar refractivity (Wildman–Crippen MR) is 77.2 cm³/mol. The third-order valence-electron chi connectivity index (χ3n) is 2.99. The van der Waals surface area contributed by atoms with Crippen molar-refractivity contribution in [2.24, 2.45) is 0 Å². The molecule has 1 fully saturated rings. The molecule has 4 nitrogen and oxygen atoms in total. The van der Waals surface area contributed by atoms with Crippen molar-refractivity contribution in [2.75, 3.05) is 11.9 Å². The van der Waals surface area contributed by atoms with E-state index >= 15 is 0 Å². The lowest BCUT2D eigenvalue weighted by atomic mass is 10.2. The van der Waals surface area contributed by atoms with Gasteiger partial charge < -0.3 is 10.6 Å². The van der Waals surface area contributed by atoms with Crippen molar-refractivity contribution in [2.45, 2.75) is 18.9 Å². The molecule has 1 amide bonds. The number of hydrogen-bond acceptors (Lipinski definition) is 4. The van der Waals surface area contributed by atoms with E-state index in [1.54, 1.807) is 12.1 Å². The van der Waals surface area contributed by atoms with Crippen LogP contribution in [0.3, 0.4) is 0 Å².